The normalized spacial score (nSPS) is 11.8. The fraction of sp³-hybridized carbons (Fsp3) is 0.286. The van der Waals surface area contributed by atoms with E-state index in [2.05, 4.69) is 15.0 Å². The molecule has 0 saturated carbocycles. The van der Waals surface area contributed by atoms with Gasteiger partial charge in [0.05, 0.1) is 11.7 Å². The zero-order chi connectivity index (χ0) is 8.81. The molecule has 0 aromatic carbocycles. The number of hydrogen-bond acceptors (Lipinski definition) is 3. The number of rotatable bonds is 3. The van der Waals surface area contributed by atoms with Crippen molar-refractivity contribution in [2.24, 2.45) is 10.8 Å². The van der Waals surface area contributed by atoms with Gasteiger partial charge in [-0.3, -0.25) is 4.98 Å². The largest absolute Gasteiger partial charge is 0.323 e. The van der Waals surface area contributed by atoms with Crippen LogP contribution >= 0.6 is 0 Å². The smallest absolute Gasteiger partial charge is 0.0572 e. The minimum Gasteiger partial charge on any atom is -0.323 e. The van der Waals surface area contributed by atoms with Crippen LogP contribution in [0.1, 0.15) is 11.7 Å². The average molecular weight is 163 g/mol. The molecule has 1 rings (SSSR count). The second-order valence-electron chi connectivity index (χ2n) is 2.27. The number of nitrogens with zero attached hydrogens (tertiary/aromatic N) is 4. The van der Waals surface area contributed by atoms with Crippen molar-refractivity contribution in [3.8, 4) is 0 Å². The molecule has 5 nitrogen and oxygen atoms in total. The van der Waals surface area contributed by atoms with Crippen LogP contribution in [0.15, 0.2) is 29.5 Å². The van der Waals surface area contributed by atoms with Crippen molar-refractivity contribution in [1.29, 1.82) is 0 Å². The van der Waals surface area contributed by atoms with Gasteiger partial charge in [-0.05, 0) is 17.7 Å². The Morgan fingerprint density at radius 3 is 3.08 bits per heavy atom. The van der Waals surface area contributed by atoms with Gasteiger partial charge in [-0.25, -0.2) is 0 Å². The summed E-state index contributed by atoms with van der Waals surface area (Å²) in [7, 11) is 0. The lowest BCUT2D eigenvalue weighted by molar-refractivity contribution is 0.708. The van der Waals surface area contributed by atoms with E-state index in [1.807, 2.05) is 12.1 Å². The Labute approximate surface area is 69.9 Å². The Morgan fingerprint density at radius 2 is 2.50 bits per heavy atom. The van der Waals surface area contributed by atoms with Crippen molar-refractivity contribution in [3.63, 3.8) is 0 Å². The van der Waals surface area contributed by atoms with Gasteiger partial charge >= 0.3 is 0 Å². The maximum absolute atomic E-state index is 8.04. The van der Waals surface area contributed by atoms with Gasteiger partial charge in [0.15, 0.2) is 0 Å². The summed E-state index contributed by atoms with van der Waals surface area (Å²) < 4.78 is 0. The molecular formula is C7H9N5. The molecular weight excluding hydrogens is 154 g/mol. The first kappa shape index (κ1) is 8.52. The number of azide groups is 1. The lowest BCUT2D eigenvalue weighted by Crippen LogP contribution is -2.14. The Hall–Kier alpha value is -1.58. The van der Waals surface area contributed by atoms with Crippen molar-refractivity contribution in [3.05, 3.63) is 40.5 Å². The molecule has 0 aliphatic carbocycles. The Morgan fingerprint density at radius 1 is 1.67 bits per heavy atom. The zero-order valence-corrected chi connectivity index (χ0v) is 6.46. The van der Waals surface area contributed by atoms with Gasteiger partial charge < -0.3 is 5.73 Å². The van der Waals surface area contributed by atoms with E-state index < -0.39 is 0 Å². The molecule has 0 radical (unpaired) electrons. The number of pyridine rings is 1. The molecule has 0 aliphatic heterocycles. The summed E-state index contributed by atoms with van der Waals surface area (Å²) in [4.78, 5) is 6.64. The molecule has 2 N–H and O–H groups in total. The molecule has 1 aromatic rings. The van der Waals surface area contributed by atoms with Crippen molar-refractivity contribution < 1.29 is 0 Å². The van der Waals surface area contributed by atoms with Crippen LogP contribution in [0.4, 0.5) is 0 Å². The molecule has 0 saturated heterocycles. The van der Waals surface area contributed by atoms with E-state index in [1.165, 1.54) is 0 Å². The third kappa shape index (κ3) is 2.23. The van der Waals surface area contributed by atoms with Crippen LogP contribution in [0.2, 0.25) is 0 Å². The van der Waals surface area contributed by atoms with Crippen molar-refractivity contribution >= 4 is 0 Å². The Kier molecular flexibility index (Phi) is 3.07. The van der Waals surface area contributed by atoms with Crippen molar-refractivity contribution in [2.75, 3.05) is 6.54 Å². The SMILES string of the molecule is [N-]=[N+]=NC[C@H](N)c1ccccn1. The van der Waals surface area contributed by atoms with Gasteiger partial charge in [0, 0.05) is 17.7 Å². The topological polar surface area (TPSA) is 87.7 Å². The van der Waals surface area contributed by atoms with Crippen molar-refractivity contribution in [2.45, 2.75) is 6.04 Å². The van der Waals surface area contributed by atoms with Gasteiger partial charge in [0.1, 0.15) is 0 Å². The summed E-state index contributed by atoms with van der Waals surface area (Å²) in [5.41, 5.74) is 14.4. The van der Waals surface area contributed by atoms with Crippen molar-refractivity contribution in [1.82, 2.24) is 4.98 Å². The maximum atomic E-state index is 8.04. The minimum atomic E-state index is -0.304. The molecule has 1 heterocycles. The van der Waals surface area contributed by atoms with E-state index in [0.29, 0.717) is 0 Å². The maximum Gasteiger partial charge on any atom is 0.0572 e. The lowest BCUT2D eigenvalue weighted by atomic mass is 10.2. The predicted molar refractivity (Wildman–Crippen MR) is 45.2 cm³/mol. The second-order valence-corrected chi connectivity index (χ2v) is 2.27. The monoisotopic (exact) mass is 163 g/mol. The summed E-state index contributed by atoms with van der Waals surface area (Å²) in [5.74, 6) is 0. The first-order valence-corrected chi connectivity index (χ1v) is 3.52. The summed E-state index contributed by atoms with van der Waals surface area (Å²) in [6, 6.07) is 5.15. The van der Waals surface area contributed by atoms with Crippen LogP contribution in [-0.2, 0) is 0 Å². The van der Waals surface area contributed by atoms with Crippen LogP contribution in [0.3, 0.4) is 0 Å². The fourth-order valence-corrected chi connectivity index (χ4v) is 0.813. The quantitative estimate of drug-likeness (QED) is 0.414. The molecule has 1 aromatic heterocycles. The standard InChI is InChI=1S/C7H9N5/c8-6(5-11-12-9)7-3-1-2-4-10-7/h1-4,6H,5,8H2/t6-/m0/s1. The molecule has 0 aliphatic rings. The predicted octanol–water partition coefficient (Wildman–Crippen LogP) is 1.39. The number of hydrogen-bond donors (Lipinski definition) is 1. The highest BCUT2D eigenvalue weighted by Crippen LogP contribution is 2.05. The van der Waals surface area contributed by atoms with E-state index in [0.717, 1.165) is 5.69 Å². The first-order chi connectivity index (χ1) is 5.84. The van der Waals surface area contributed by atoms with E-state index in [4.69, 9.17) is 11.3 Å². The second kappa shape index (κ2) is 4.33. The molecule has 5 heteroatoms. The molecule has 0 spiro atoms. The molecule has 0 unspecified atom stereocenters. The molecule has 12 heavy (non-hydrogen) atoms. The van der Waals surface area contributed by atoms with Gasteiger partial charge in [0.2, 0.25) is 0 Å². The summed E-state index contributed by atoms with van der Waals surface area (Å²) in [6.45, 7) is 0.244. The van der Waals surface area contributed by atoms with E-state index in [1.54, 1.807) is 12.3 Å². The average Bonchev–Trinajstić information content (AvgIpc) is 2.15. The molecule has 0 fully saturated rings. The summed E-state index contributed by atoms with van der Waals surface area (Å²) in [6.07, 6.45) is 1.66. The highest BCUT2D eigenvalue weighted by atomic mass is 15.1. The third-order valence-corrected chi connectivity index (χ3v) is 1.41. The number of nitrogens with two attached hydrogens (primary N) is 1. The summed E-state index contributed by atoms with van der Waals surface area (Å²) >= 11 is 0. The van der Waals surface area contributed by atoms with Crippen LogP contribution in [0.25, 0.3) is 10.4 Å². The van der Waals surface area contributed by atoms with E-state index in [-0.39, 0.29) is 12.6 Å². The zero-order valence-electron chi connectivity index (χ0n) is 6.46. The first-order valence-electron chi connectivity index (χ1n) is 3.52. The lowest BCUT2D eigenvalue weighted by Gasteiger charge is -2.05. The van der Waals surface area contributed by atoms with Crippen LogP contribution in [0.5, 0.6) is 0 Å². The minimum absolute atomic E-state index is 0.244. The highest BCUT2D eigenvalue weighted by molar-refractivity contribution is 5.08. The molecule has 62 valence electrons. The third-order valence-electron chi connectivity index (χ3n) is 1.41. The van der Waals surface area contributed by atoms with E-state index >= 15 is 0 Å². The fourth-order valence-electron chi connectivity index (χ4n) is 0.813. The highest BCUT2D eigenvalue weighted by Gasteiger charge is 2.03. The van der Waals surface area contributed by atoms with Crippen LogP contribution in [0, 0.1) is 0 Å². The molecule has 1 atom stereocenters. The van der Waals surface area contributed by atoms with Crippen LogP contribution < -0.4 is 5.73 Å². The van der Waals surface area contributed by atoms with Gasteiger partial charge in [0.25, 0.3) is 0 Å². The van der Waals surface area contributed by atoms with Gasteiger partial charge in [-0.2, -0.15) is 0 Å². The molecule has 0 amide bonds. The van der Waals surface area contributed by atoms with E-state index in [9.17, 15) is 0 Å². The van der Waals surface area contributed by atoms with Gasteiger partial charge in [-0.15, -0.1) is 0 Å². The Bertz CT molecular complexity index is 277. The Balaban J connectivity index is 2.65. The van der Waals surface area contributed by atoms with Gasteiger partial charge in [-0.1, -0.05) is 11.2 Å². The van der Waals surface area contributed by atoms with Crippen LogP contribution in [-0.4, -0.2) is 11.5 Å². The number of aromatic nitrogens is 1. The molecule has 0 bridgehead atoms. The summed E-state index contributed by atoms with van der Waals surface area (Å²) in [5, 5.41) is 3.36.